The SMILES string of the molecule is CC(C)C1=CC2=C(c3ccccc3)C(C)SC2=[C-]1.C[Si](C)=[Zr+2].Cc1cc2c(-c3cccc4ccccc34)cc(-c3cccc4ccccc34)cc2[cH-]1.[Cl-].[Cl-]. The number of aryl methyl sites for hydroxylation is 1. The van der Waals surface area contributed by atoms with E-state index in [4.69, 9.17) is 0 Å². The normalized spacial score (nSPS) is 14.4. The molecule has 1 aliphatic heterocycles. The minimum atomic E-state index is 0. The summed E-state index contributed by atoms with van der Waals surface area (Å²) < 4.78 is 0. The molecule has 0 spiro atoms. The van der Waals surface area contributed by atoms with E-state index in [0.717, 1.165) is 0 Å². The third kappa shape index (κ3) is 9.04. The molecule has 9 rings (SSSR count). The molecule has 7 aromatic carbocycles. The van der Waals surface area contributed by atoms with Crippen LogP contribution in [0.5, 0.6) is 0 Å². The number of fused-ring (bicyclic) bond motifs is 4. The van der Waals surface area contributed by atoms with E-state index in [9.17, 15) is 0 Å². The minimum Gasteiger partial charge on any atom is -1.00 e. The van der Waals surface area contributed by atoms with Gasteiger partial charge in [-0.15, -0.1) is 45.1 Å². The van der Waals surface area contributed by atoms with E-state index < -0.39 is 0 Å². The van der Waals surface area contributed by atoms with E-state index in [1.165, 1.54) is 87.3 Å². The van der Waals surface area contributed by atoms with Crippen LogP contribution < -0.4 is 24.8 Å². The largest absolute Gasteiger partial charge is 1.00 e. The summed E-state index contributed by atoms with van der Waals surface area (Å²) in [5.41, 5.74) is 12.2. The van der Waals surface area contributed by atoms with E-state index in [-0.39, 0.29) is 30.2 Å². The quantitative estimate of drug-likeness (QED) is 0.127. The van der Waals surface area contributed by atoms with Crippen LogP contribution in [0.2, 0.25) is 13.1 Å². The van der Waals surface area contributed by atoms with Crippen molar-refractivity contribution in [3.63, 3.8) is 0 Å². The molecule has 0 amide bonds. The molecule has 1 unspecified atom stereocenters. The molecule has 5 heteroatoms. The first kappa shape index (κ1) is 41.9. The van der Waals surface area contributed by atoms with Crippen molar-refractivity contribution in [2.45, 2.75) is 46.0 Å². The molecule has 270 valence electrons. The van der Waals surface area contributed by atoms with Gasteiger partial charge < -0.3 is 24.8 Å². The Labute approximate surface area is 353 Å². The fraction of sp³-hybridized carbons (Fsp3) is 0.163. The molecule has 0 bridgehead atoms. The zero-order chi connectivity index (χ0) is 36.4. The molecule has 7 aromatic rings. The van der Waals surface area contributed by atoms with Crippen LogP contribution in [0, 0.1) is 18.9 Å². The first-order chi connectivity index (χ1) is 25.2. The molecule has 0 saturated carbocycles. The van der Waals surface area contributed by atoms with Gasteiger partial charge in [0.25, 0.3) is 0 Å². The Balaban J connectivity index is 0.000000200. The maximum Gasteiger partial charge on any atom is -0.0114 e. The number of allylic oxidation sites excluding steroid dienone is 4. The van der Waals surface area contributed by atoms with Crippen molar-refractivity contribution in [2.24, 2.45) is 5.92 Å². The van der Waals surface area contributed by atoms with Crippen LogP contribution in [0.15, 0.2) is 162 Å². The van der Waals surface area contributed by atoms with E-state index in [1.54, 1.807) is 23.3 Å². The number of rotatable bonds is 4. The second-order valence-corrected chi connectivity index (χ2v) is 25.0. The van der Waals surface area contributed by atoms with Gasteiger partial charge in [-0.3, -0.25) is 0 Å². The maximum absolute atomic E-state index is 3.57. The van der Waals surface area contributed by atoms with Gasteiger partial charge in [0.1, 0.15) is 0 Å². The molecule has 0 aromatic heterocycles. The van der Waals surface area contributed by atoms with Gasteiger partial charge in [-0.25, -0.2) is 6.08 Å². The standard InChI is InChI=1S/C30H21.C17H17S.C2H6Si.2ClH.Zr/c1-20-16-23-18-24(27-14-6-10-21-8-2-4-12-25(21)27)19-30(29(23)17-20)28-15-7-11-22-9-3-5-13-26(22)28;1-11(2)14-9-15-16(10-14)18-12(3)17(15)13-7-5-4-6-8-13;1-3-2;;;/h2-19H,1H3;4-9,11-12H,1-3H3;1-2H3;2*1H;/q2*-1;;;;+2/p-2. The van der Waals surface area contributed by atoms with E-state index in [2.05, 4.69) is 192 Å². The Bertz CT molecular complexity index is 2530. The molecule has 1 aliphatic carbocycles. The van der Waals surface area contributed by atoms with Gasteiger partial charge in [0, 0.05) is 5.25 Å². The molecule has 1 atom stereocenters. The summed E-state index contributed by atoms with van der Waals surface area (Å²) >= 11 is 3.68. The first-order valence-corrected chi connectivity index (χ1v) is 25.3. The summed E-state index contributed by atoms with van der Waals surface area (Å²) in [6.07, 6.45) is 5.90. The summed E-state index contributed by atoms with van der Waals surface area (Å²) in [5.74, 6) is 0.559. The Hall–Kier alpha value is -3.30. The molecule has 0 nitrogen and oxygen atoms in total. The molecule has 54 heavy (non-hydrogen) atoms. The molecule has 0 saturated heterocycles. The monoisotopic (exact) mass is 852 g/mol. The van der Waals surface area contributed by atoms with Crippen LogP contribution in [-0.2, 0) is 23.3 Å². The Morgan fingerprint density at radius 2 is 1.22 bits per heavy atom. The van der Waals surface area contributed by atoms with Gasteiger partial charge in [-0.05, 0) is 51.1 Å². The second-order valence-electron chi connectivity index (χ2n) is 14.3. The second kappa shape index (κ2) is 18.6. The average molecular weight is 855 g/mol. The minimum absolute atomic E-state index is 0. The van der Waals surface area contributed by atoms with Gasteiger partial charge in [0.2, 0.25) is 0 Å². The Kier molecular flexibility index (Phi) is 14.4. The molecule has 0 radical (unpaired) electrons. The summed E-state index contributed by atoms with van der Waals surface area (Å²) in [6.45, 7) is 13.6. The Morgan fingerprint density at radius 1 is 0.667 bits per heavy atom. The molecular formula is C49H44Cl2SSiZr-2. The topological polar surface area (TPSA) is 0 Å². The maximum atomic E-state index is 3.57. The van der Waals surface area contributed by atoms with Gasteiger partial charge in [-0.1, -0.05) is 159 Å². The molecule has 0 fully saturated rings. The summed E-state index contributed by atoms with van der Waals surface area (Å²) in [6, 6.07) is 50.6. The van der Waals surface area contributed by atoms with Crippen molar-refractivity contribution in [3.05, 3.63) is 179 Å². The van der Waals surface area contributed by atoms with E-state index >= 15 is 0 Å². The predicted octanol–water partition coefficient (Wildman–Crippen LogP) is 8.16. The van der Waals surface area contributed by atoms with Crippen molar-refractivity contribution in [1.82, 2.24) is 0 Å². The summed E-state index contributed by atoms with van der Waals surface area (Å²) in [4.78, 5) is 1.34. The van der Waals surface area contributed by atoms with Gasteiger partial charge in [0.05, 0.1) is 0 Å². The van der Waals surface area contributed by atoms with Gasteiger partial charge in [0.15, 0.2) is 0 Å². The number of benzene rings is 6. The molecule has 2 aliphatic rings. The fourth-order valence-electron chi connectivity index (χ4n) is 7.31. The fourth-order valence-corrected chi connectivity index (χ4v) is 8.52. The van der Waals surface area contributed by atoms with Crippen molar-refractivity contribution < 1.29 is 48.1 Å². The first-order valence-electron chi connectivity index (χ1n) is 18.2. The zero-order valence-electron chi connectivity index (χ0n) is 31.7. The van der Waals surface area contributed by atoms with Crippen LogP contribution in [0.4, 0.5) is 0 Å². The zero-order valence-corrected chi connectivity index (χ0v) is 37.5. The van der Waals surface area contributed by atoms with Crippen molar-refractivity contribution >= 4 is 55.1 Å². The number of thioether (sulfide) groups is 1. The molecule has 1 heterocycles. The van der Waals surface area contributed by atoms with Crippen LogP contribution in [0.3, 0.4) is 0 Å². The number of hydrogen-bond donors (Lipinski definition) is 0. The number of halogens is 2. The molecular weight excluding hydrogens is 811 g/mol. The van der Waals surface area contributed by atoms with Crippen LogP contribution >= 0.6 is 11.8 Å². The van der Waals surface area contributed by atoms with Gasteiger partial charge in [-0.2, -0.15) is 23.3 Å². The third-order valence-corrected chi connectivity index (χ3v) is 10.8. The van der Waals surface area contributed by atoms with Gasteiger partial charge >= 0.3 is 41.9 Å². The van der Waals surface area contributed by atoms with Crippen molar-refractivity contribution in [1.29, 1.82) is 0 Å². The van der Waals surface area contributed by atoms with E-state index in [1.807, 2.05) is 11.8 Å². The van der Waals surface area contributed by atoms with Crippen molar-refractivity contribution in [3.8, 4) is 22.3 Å². The molecule has 0 N–H and O–H groups in total. The Morgan fingerprint density at radius 3 is 1.85 bits per heavy atom. The van der Waals surface area contributed by atoms with Crippen molar-refractivity contribution in [2.75, 3.05) is 0 Å². The predicted molar refractivity (Wildman–Crippen MR) is 228 cm³/mol. The average Bonchev–Trinajstić information content (AvgIpc) is 3.82. The van der Waals surface area contributed by atoms with Crippen LogP contribution in [-0.4, -0.2) is 10.7 Å². The van der Waals surface area contributed by atoms with E-state index in [0.29, 0.717) is 11.2 Å². The van der Waals surface area contributed by atoms with Crippen LogP contribution in [0.25, 0.3) is 60.1 Å². The summed E-state index contributed by atoms with van der Waals surface area (Å²) in [7, 11) is 0. The number of hydrogen-bond acceptors (Lipinski definition) is 1. The summed E-state index contributed by atoms with van der Waals surface area (Å²) in [5, 5.41) is 8.33. The van der Waals surface area contributed by atoms with Crippen LogP contribution in [0.1, 0.15) is 31.9 Å². The third-order valence-electron chi connectivity index (χ3n) is 9.65. The smallest absolute Gasteiger partial charge is 0.0114 e.